The maximum atomic E-state index is 12.6. The summed E-state index contributed by atoms with van der Waals surface area (Å²) in [4.78, 5) is 12.6. The van der Waals surface area contributed by atoms with E-state index in [1.165, 1.54) is 13.2 Å². The van der Waals surface area contributed by atoms with E-state index in [-0.39, 0.29) is 48.8 Å². The van der Waals surface area contributed by atoms with Gasteiger partial charge in [-0.25, -0.2) is 4.79 Å². The lowest BCUT2D eigenvalue weighted by molar-refractivity contribution is -0.315. The van der Waals surface area contributed by atoms with Gasteiger partial charge in [-0.15, -0.1) is 0 Å². The van der Waals surface area contributed by atoms with Gasteiger partial charge in [0.1, 0.15) is 24.4 Å². The number of carbonyl (C=O) groups excluding carboxylic acids is 1. The second-order valence-electron chi connectivity index (χ2n) is 12.9. The van der Waals surface area contributed by atoms with E-state index in [0.717, 1.165) is 12.8 Å². The third kappa shape index (κ3) is 9.67. The van der Waals surface area contributed by atoms with Gasteiger partial charge < -0.3 is 48.8 Å². The SMILES string of the molecule is CO[C@H]1[C@H](O[C@@H]2C[C@@H]3C/C=C/C(=O)O[C@@H](CO)C[C@@H](O)[C@H]4C[C@@H](C)[C@@H](C/C=C\C=C\[C@H](C)C[C@H](C2)O3)O4)O[C@@H](C)[C@H](O)[C@H]1O. The van der Waals surface area contributed by atoms with Crippen molar-refractivity contribution < 1.29 is 53.6 Å². The summed E-state index contributed by atoms with van der Waals surface area (Å²) in [5, 5.41) is 41.4. The zero-order valence-electron chi connectivity index (χ0n) is 26.4. The van der Waals surface area contributed by atoms with Crippen molar-refractivity contribution >= 4 is 5.97 Å². The molecular weight excluding hydrogens is 572 g/mol. The van der Waals surface area contributed by atoms with Crippen molar-refractivity contribution in [3.05, 3.63) is 36.5 Å². The molecule has 44 heavy (non-hydrogen) atoms. The average molecular weight is 625 g/mol. The Morgan fingerprint density at radius 2 is 1.64 bits per heavy atom. The first kappa shape index (κ1) is 35.2. The molecule has 11 nitrogen and oxygen atoms in total. The molecule has 0 saturated carbocycles. The van der Waals surface area contributed by atoms with Gasteiger partial charge in [-0.1, -0.05) is 44.2 Å². The van der Waals surface area contributed by atoms with E-state index < -0.39 is 55.5 Å². The largest absolute Gasteiger partial charge is 0.457 e. The number of hydrogen-bond donors (Lipinski definition) is 4. The van der Waals surface area contributed by atoms with Gasteiger partial charge in [0.15, 0.2) is 6.29 Å². The van der Waals surface area contributed by atoms with Crippen LogP contribution in [0.25, 0.3) is 0 Å². The summed E-state index contributed by atoms with van der Waals surface area (Å²) in [6, 6.07) is 0. The van der Waals surface area contributed by atoms with Crippen LogP contribution in [0.2, 0.25) is 0 Å². The molecule has 250 valence electrons. The second-order valence-corrected chi connectivity index (χ2v) is 12.9. The molecule has 0 amide bonds. The zero-order chi connectivity index (χ0) is 31.8. The fourth-order valence-corrected chi connectivity index (χ4v) is 6.64. The minimum absolute atomic E-state index is 0.0217. The number of aliphatic hydroxyl groups is 4. The van der Waals surface area contributed by atoms with Gasteiger partial charge >= 0.3 is 5.97 Å². The molecule has 4 aliphatic rings. The number of hydrogen-bond acceptors (Lipinski definition) is 11. The Bertz CT molecular complexity index is 985. The molecule has 11 heteroatoms. The highest BCUT2D eigenvalue weighted by atomic mass is 16.7. The molecule has 0 aliphatic carbocycles. The highest BCUT2D eigenvalue weighted by Gasteiger charge is 2.45. The van der Waals surface area contributed by atoms with E-state index in [1.807, 2.05) is 12.2 Å². The maximum Gasteiger partial charge on any atom is 0.330 e. The summed E-state index contributed by atoms with van der Waals surface area (Å²) in [6.07, 6.45) is 7.78. The van der Waals surface area contributed by atoms with Gasteiger partial charge in [0.25, 0.3) is 0 Å². The molecule has 4 bridgehead atoms. The summed E-state index contributed by atoms with van der Waals surface area (Å²) >= 11 is 0. The Morgan fingerprint density at radius 1 is 0.864 bits per heavy atom. The Hall–Kier alpha value is -1.67. The summed E-state index contributed by atoms with van der Waals surface area (Å²) in [6.45, 7) is 5.52. The van der Waals surface area contributed by atoms with Crippen molar-refractivity contribution in [3.63, 3.8) is 0 Å². The zero-order valence-corrected chi connectivity index (χ0v) is 26.4. The molecule has 0 spiro atoms. The predicted octanol–water partition coefficient (Wildman–Crippen LogP) is 2.34. The predicted molar refractivity (Wildman–Crippen MR) is 160 cm³/mol. The lowest BCUT2D eigenvalue weighted by atomic mass is 9.92. The number of rotatable bonds is 4. The van der Waals surface area contributed by atoms with Gasteiger partial charge in [-0.05, 0) is 44.4 Å². The van der Waals surface area contributed by atoms with E-state index in [9.17, 15) is 25.2 Å². The number of methoxy groups -OCH3 is 1. The Kier molecular flexibility index (Phi) is 13.4. The van der Waals surface area contributed by atoms with Crippen molar-refractivity contribution in [2.24, 2.45) is 11.8 Å². The minimum atomic E-state index is -1.15. The van der Waals surface area contributed by atoms with Gasteiger partial charge in [-0.3, -0.25) is 0 Å². The lowest BCUT2D eigenvalue weighted by Crippen LogP contribution is -2.59. The fourth-order valence-electron chi connectivity index (χ4n) is 6.64. The molecule has 3 fully saturated rings. The Morgan fingerprint density at radius 3 is 2.39 bits per heavy atom. The van der Waals surface area contributed by atoms with Crippen LogP contribution in [0.1, 0.15) is 65.7 Å². The van der Waals surface area contributed by atoms with E-state index in [0.29, 0.717) is 25.7 Å². The molecule has 4 heterocycles. The van der Waals surface area contributed by atoms with Crippen LogP contribution in [0.4, 0.5) is 0 Å². The van der Waals surface area contributed by atoms with Crippen LogP contribution in [-0.2, 0) is 33.2 Å². The lowest BCUT2D eigenvalue weighted by Gasteiger charge is -2.43. The molecule has 0 unspecified atom stereocenters. The van der Waals surface area contributed by atoms with Gasteiger partial charge in [0.2, 0.25) is 0 Å². The van der Waals surface area contributed by atoms with Crippen molar-refractivity contribution in [1.29, 1.82) is 0 Å². The maximum absolute atomic E-state index is 12.6. The molecule has 14 atom stereocenters. The van der Waals surface area contributed by atoms with Crippen molar-refractivity contribution in [2.75, 3.05) is 13.7 Å². The number of esters is 1. The summed E-state index contributed by atoms with van der Waals surface area (Å²) in [5.41, 5.74) is 0. The van der Waals surface area contributed by atoms with Gasteiger partial charge in [0, 0.05) is 32.4 Å². The van der Waals surface area contributed by atoms with Crippen molar-refractivity contribution in [1.82, 2.24) is 0 Å². The average Bonchev–Trinajstić information content (AvgIpc) is 3.35. The van der Waals surface area contributed by atoms with E-state index in [4.69, 9.17) is 28.4 Å². The van der Waals surface area contributed by atoms with Crippen LogP contribution >= 0.6 is 0 Å². The molecule has 3 saturated heterocycles. The number of carbonyl (C=O) groups is 1. The second kappa shape index (κ2) is 16.8. The van der Waals surface area contributed by atoms with Crippen molar-refractivity contribution in [3.8, 4) is 0 Å². The third-order valence-electron chi connectivity index (χ3n) is 9.17. The normalized spacial score (nSPS) is 46.8. The summed E-state index contributed by atoms with van der Waals surface area (Å²) < 4.78 is 35.7. The molecule has 0 aromatic carbocycles. The number of cyclic esters (lactones) is 1. The van der Waals surface area contributed by atoms with Gasteiger partial charge in [-0.2, -0.15) is 0 Å². The van der Waals surface area contributed by atoms with Crippen LogP contribution < -0.4 is 0 Å². The fraction of sp³-hybridized carbons (Fsp3) is 0.788. The number of allylic oxidation sites excluding steroid dienone is 3. The Balaban J connectivity index is 1.47. The number of fused-ring (bicyclic) bond motifs is 4. The minimum Gasteiger partial charge on any atom is -0.457 e. The molecule has 0 radical (unpaired) electrons. The molecule has 0 aromatic rings. The standard InChI is InChI=1S/C33H52O11/c1-19-9-6-5-7-11-27-20(2)14-28(44-27)26(35)17-25(18-34)42-29(36)12-8-10-22-15-24(16-23(13-19)41-22)43-33-32(39-4)31(38)30(37)21(3)40-33/h5-9,12,19-28,30-35,37-38H,10-11,13-18H2,1-4H3/b7-5-,9-6+,12-8+/t19-,20+,21-,22-,23+,24+,25+,26+,27+,28+,30-,31+,32+,33-/m0/s1. The first-order valence-corrected chi connectivity index (χ1v) is 16.1. The monoisotopic (exact) mass is 624 g/mol. The van der Waals surface area contributed by atoms with Crippen LogP contribution in [0.3, 0.4) is 0 Å². The van der Waals surface area contributed by atoms with Crippen LogP contribution in [0.15, 0.2) is 36.5 Å². The molecule has 4 rings (SSSR count). The van der Waals surface area contributed by atoms with E-state index in [1.54, 1.807) is 13.0 Å². The van der Waals surface area contributed by atoms with Crippen LogP contribution in [0.5, 0.6) is 0 Å². The summed E-state index contributed by atoms with van der Waals surface area (Å²) in [5.74, 6) is -0.126. The van der Waals surface area contributed by atoms with Crippen LogP contribution in [-0.4, -0.2) is 114 Å². The number of ether oxygens (including phenoxy) is 6. The number of aliphatic hydroxyl groups excluding tert-OH is 4. The molecule has 4 N–H and O–H groups in total. The summed E-state index contributed by atoms with van der Waals surface area (Å²) in [7, 11) is 1.45. The highest BCUT2D eigenvalue weighted by Crippen LogP contribution is 2.33. The first-order chi connectivity index (χ1) is 21.1. The molecular formula is C33H52O11. The van der Waals surface area contributed by atoms with E-state index in [2.05, 4.69) is 26.0 Å². The Labute approximate surface area is 260 Å². The van der Waals surface area contributed by atoms with Crippen molar-refractivity contribution in [2.45, 2.75) is 139 Å². The topological polar surface area (TPSA) is 153 Å². The smallest absolute Gasteiger partial charge is 0.330 e. The highest BCUT2D eigenvalue weighted by molar-refractivity contribution is 5.82. The third-order valence-corrected chi connectivity index (χ3v) is 9.17. The van der Waals surface area contributed by atoms with Crippen LogP contribution in [0, 0.1) is 11.8 Å². The molecule has 0 aromatic heterocycles. The van der Waals surface area contributed by atoms with E-state index >= 15 is 0 Å². The quantitative estimate of drug-likeness (QED) is 0.341. The first-order valence-electron chi connectivity index (χ1n) is 16.1. The van der Waals surface area contributed by atoms with Gasteiger partial charge in [0.05, 0.1) is 49.3 Å². The molecule has 4 aliphatic heterocycles.